The summed E-state index contributed by atoms with van der Waals surface area (Å²) in [6.45, 7) is 1.91. The average molecular weight is 272 g/mol. The van der Waals surface area contributed by atoms with Crippen molar-refractivity contribution in [3.05, 3.63) is 10.6 Å². The maximum Gasteiger partial charge on any atom is 0.492 e. The van der Waals surface area contributed by atoms with Crippen molar-refractivity contribution in [1.29, 1.82) is 0 Å². The van der Waals surface area contributed by atoms with Crippen molar-refractivity contribution < 1.29 is 13.2 Å². The van der Waals surface area contributed by atoms with E-state index in [2.05, 4.69) is 26.1 Å². The Balaban J connectivity index is 2.95. The summed E-state index contributed by atoms with van der Waals surface area (Å²) in [5.74, 6) is -0.0498. The number of unbranched alkanes of at least 4 members (excludes halogenated alkanes) is 1. The molecule has 7 heteroatoms. The molecule has 1 rings (SSSR count). The summed E-state index contributed by atoms with van der Waals surface area (Å²) in [5, 5.41) is 6.81. The molecule has 0 aliphatic carbocycles. The molecule has 0 aliphatic heterocycles. The van der Waals surface area contributed by atoms with E-state index in [0.717, 1.165) is 6.42 Å². The van der Waals surface area contributed by atoms with Crippen LogP contribution in [0.2, 0.25) is 0 Å². The van der Waals surface area contributed by atoms with E-state index in [1.54, 1.807) is 0 Å². The summed E-state index contributed by atoms with van der Waals surface area (Å²) in [6.07, 6.45) is -2.68. The molecular weight excluding hydrogens is 263 g/mol. The van der Waals surface area contributed by atoms with Gasteiger partial charge in [-0.15, -0.1) is 23.4 Å². The number of aryl methyl sites for hydroxylation is 1. The minimum absolute atomic E-state index is 0.0498. The zero-order valence-corrected chi connectivity index (χ0v) is 9.06. The minimum Gasteiger partial charge on any atom is -0.214 e. The summed E-state index contributed by atoms with van der Waals surface area (Å²) in [4.78, 5) is 0. The van der Waals surface area contributed by atoms with Crippen LogP contribution in [0.5, 0.6) is 0 Å². The Morgan fingerprint density at radius 3 is 2.50 bits per heavy atom. The monoisotopic (exact) mass is 271 g/mol. The van der Waals surface area contributed by atoms with Crippen LogP contribution in [0, 0.1) is 0 Å². The lowest BCUT2D eigenvalue weighted by atomic mass is 10.2. The van der Waals surface area contributed by atoms with Gasteiger partial charge in [0, 0.05) is 6.42 Å². The Morgan fingerprint density at radius 2 is 2.00 bits per heavy atom. The first kappa shape index (κ1) is 11.5. The molecule has 0 aromatic carbocycles. The van der Waals surface area contributed by atoms with Crippen molar-refractivity contribution >= 4 is 15.9 Å². The highest BCUT2D eigenvalue weighted by atomic mass is 79.9. The van der Waals surface area contributed by atoms with Crippen LogP contribution in [-0.4, -0.2) is 14.8 Å². The number of alkyl halides is 3. The van der Waals surface area contributed by atoms with Crippen LogP contribution in [-0.2, 0) is 12.7 Å². The number of hydrogen-bond donors (Lipinski definition) is 0. The Hall–Kier alpha value is -0.590. The largest absolute Gasteiger partial charge is 0.492 e. The lowest BCUT2D eigenvalue weighted by Crippen LogP contribution is -2.20. The zero-order valence-electron chi connectivity index (χ0n) is 7.47. The molecule has 0 saturated carbocycles. The molecule has 80 valence electrons. The molecule has 0 spiro atoms. The second-order valence-electron chi connectivity index (χ2n) is 2.79. The first-order valence-corrected chi connectivity index (χ1v) is 4.93. The fourth-order valence-electron chi connectivity index (χ4n) is 1.04. The Labute approximate surface area is 87.4 Å². The SMILES string of the molecule is CCCCc1nnc(Br)n1C(F)(F)F. The van der Waals surface area contributed by atoms with Crippen LogP contribution in [0.25, 0.3) is 0 Å². The molecule has 14 heavy (non-hydrogen) atoms. The van der Waals surface area contributed by atoms with E-state index in [-0.39, 0.29) is 21.5 Å². The topological polar surface area (TPSA) is 30.7 Å². The summed E-state index contributed by atoms with van der Waals surface area (Å²) >= 11 is 2.71. The van der Waals surface area contributed by atoms with E-state index in [1.165, 1.54) is 0 Å². The zero-order chi connectivity index (χ0) is 10.8. The van der Waals surface area contributed by atoms with Crippen LogP contribution in [0.4, 0.5) is 13.2 Å². The lowest BCUT2D eigenvalue weighted by molar-refractivity contribution is -0.207. The van der Waals surface area contributed by atoms with Crippen molar-refractivity contribution in [3.63, 3.8) is 0 Å². The second-order valence-corrected chi connectivity index (χ2v) is 3.50. The van der Waals surface area contributed by atoms with Crippen molar-refractivity contribution in [2.75, 3.05) is 0 Å². The molecule has 0 saturated heterocycles. The maximum absolute atomic E-state index is 12.4. The summed E-state index contributed by atoms with van der Waals surface area (Å²) < 4.78 is 37.1. The molecule has 0 fully saturated rings. The molecule has 1 aromatic heterocycles. The molecule has 3 nitrogen and oxygen atoms in total. The van der Waals surface area contributed by atoms with Gasteiger partial charge in [0.1, 0.15) is 5.82 Å². The smallest absolute Gasteiger partial charge is 0.214 e. The van der Waals surface area contributed by atoms with Gasteiger partial charge in [0.2, 0.25) is 4.73 Å². The van der Waals surface area contributed by atoms with Crippen LogP contribution in [0.3, 0.4) is 0 Å². The Bertz CT molecular complexity index is 308. The summed E-state index contributed by atoms with van der Waals surface area (Å²) in [5.41, 5.74) is 0. The van der Waals surface area contributed by atoms with Gasteiger partial charge < -0.3 is 0 Å². The van der Waals surface area contributed by atoms with Crippen LogP contribution in [0.1, 0.15) is 25.6 Å². The molecule has 1 heterocycles. The van der Waals surface area contributed by atoms with E-state index < -0.39 is 6.30 Å². The van der Waals surface area contributed by atoms with E-state index in [0.29, 0.717) is 6.42 Å². The van der Waals surface area contributed by atoms with Gasteiger partial charge in [0.15, 0.2) is 0 Å². The van der Waals surface area contributed by atoms with Gasteiger partial charge in [-0.3, -0.25) is 0 Å². The van der Waals surface area contributed by atoms with Crippen molar-refractivity contribution in [1.82, 2.24) is 14.8 Å². The standard InChI is InChI=1S/C7H9BrF3N3/c1-2-3-4-5-12-13-6(8)14(5)7(9,10)11/h2-4H2,1H3. The van der Waals surface area contributed by atoms with Gasteiger partial charge in [-0.1, -0.05) is 13.3 Å². The third-order valence-electron chi connectivity index (χ3n) is 1.70. The molecule has 0 aliphatic rings. The highest BCUT2D eigenvalue weighted by Crippen LogP contribution is 2.28. The first-order chi connectivity index (χ1) is 6.46. The predicted octanol–water partition coefficient (Wildman–Crippen LogP) is 2.86. The van der Waals surface area contributed by atoms with Gasteiger partial charge in [-0.2, -0.15) is 0 Å². The maximum atomic E-state index is 12.4. The van der Waals surface area contributed by atoms with E-state index >= 15 is 0 Å². The number of hydrogen-bond acceptors (Lipinski definition) is 2. The fourth-order valence-corrected chi connectivity index (χ4v) is 1.53. The lowest BCUT2D eigenvalue weighted by Gasteiger charge is -2.10. The van der Waals surface area contributed by atoms with Gasteiger partial charge in [-0.05, 0) is 22.4 Å². The highest BCUT2D eigenvalue weighted by Gasteiger charge is 2.35. The third kappa shape index (κ3) is 2.46. The van der Waals surface area contributed by atoms with Gasteiger partial charge >= 0.3 is 6.30 Å². The molecular formula is C7H9BrF3N3. The average Bonchev–Trinajstić information content (AvgIpc) is 2.42. The molecule has 0 N–H and O–H groups in total. The number of nitrogens with zero attached hydrogens (tertiary/aromatic N) is 3. The van der Waals surface area contributed by atoms with E-state index in [9.17, 15) is 13.2 Å². The first-order valence-electron chi connectivity index (χ1n) is 4.13. The molecule has 1 aromatic rings. The quantitative estimate of drug-likeness (QED) is 0.847. The molecule has 0 unspecified atom stereocenters. The minimum atomic E-state index is -4.45. The number of halogens is 4. The highest BCUT2D eigenvalue weighted by molar-refractivity contribution is 9.10. The van der Waals surface area contributed by atoms with E-state index in [4.69, 9.17) is 0 Å². The number of rotatable bonds is 3. The number of aromatic nitrogens is 3. The predicted molar refractivity (Wildman–Crippen MR) is 47.6 cm³/mol. The van der Waals surface area contributed by atoms with Crippen LogP contribution < -0.4 is 0 Å². The molecule has 0 radical (unpaired) electrons. The second kappa shape index (κ2) is 4.29. The van der Waals surface area contributed by atoms with Gasteiger partial charge in [0.05, 0.1) is 0 Å². The van der Waals surface area contributed by atoms with E-state index in [1.807, 2.05) is 6.92 Å². The van der Waals surface area contributed by atoms with Crippen LogP contribution >= 0.6 is 15.9 Å². The Morgan fingerprint density at radius 1 is 1.36 bits per heavy atom. The van der Waals surface area contributed by atoms with Gasteiger partial charge in [-0.25, -0.2) is 4.57 Å². The fraction of sp³-hybridized carbons (Fsp3) is 0.714. The molecule has 0 amide bonds. The summed E-state index contributed by atoms with van der Waals surface area (Å²) in [6, 6.07) is 0. The van der Waals surface area contributed by atoms with Crippen molar-refractivity contribution in [2.24, 2.45) is 0 Å². The third-order valence-corrected chi connectivity index (χ3v) is 2.21. The van der Waals surface area contributed by atoms with Crippen molar-refractivity contribution in [2.45, 2.75) is 32.5 Å². The van der Waals surface area contributed by atoms with Crippen LogP contribution in [0.15, 0.2) is 4.73 Å². The van der Waals surface area contributed by atoms with Crippen molar-refractivity contribution in [3.8, 4) is 0 Å². The van der Waals surface area contributed by atoms with Gasteiger partial charge in [0.25, 0.3) is 0 Å². The molecule has 0 atom stereocenters. The molecule has 0 bridgehead atoms. The summed E-state index contributed by atoms with van der Waals surface area (Å²) in [7, 11) is 0. The Kier molecular flexibility index (Phi) is 3.52. The normalized spacial score (nSPS) is 12.1.